The minimum Gasteiger partial charge on any atom is -0.277 e. The van der Waals surface area contributed by atoms with E-state index in [1.54, 1.807) is 24.4 Å². The number of hydrogen-bond acceptors (Lipinski definition) is 5. The molecule has 0 spiro atoms. The highest BCUT2D eigenvalue weighted by Crippen LogP contribution is 2.29. The maximum atomic E-state index is 11.6. The highest BCUT2D eigenvalue weighted by Gasteiger charge is 2.15. The van der Waals surface area contributed by atoms with Crippen LogP contribution in [-0.2, 0) is 9.84 Å². The summed E-state index contributed by atoms with van der Waals surface area (Å²) >= 11 is 5.89. The van der Waals surface area contributed by atoms with Gasteiger partial charge in [0.2, 0.25) is 15.0 Å². The first-order chi connectivity index (χ1) is 10.4. The maximum Gasteiger partial charge on any atom is 0.247 e. The number of nitrogens with one attached hydrogen (secondary N) is 1. The number of H-pyrrole nitrogens is 1. The Morgan fingerprint density at radius 1 is 1.14 bits per heavy atom. The van der Waals surface area contributed by atoms with Crippen molar-refractivity contribution in [2.24, 2.45) is 0 Å². The third-order valence-electron chi connectivity index (χ3n) is 3.01. The van der Waals surface area contributed by atoms with Crippen LogP contribution < -0.4 is 0 Å². The Morgan fingerprint density at radius 2 is 1.86 bits per heavy atom. The maximum absolute atomic E-state index is 11.6. The van der Waals surface area contributed by atoms with Gasteiger partial charge in [0.15, 0.2) is 0 Å². The minimum absolute atomic E-state index is 0.215. The summed E-state index contributed by atoms with van der Waals surface area (Å²) in [4.78, 5) is 7.89. The van der Waals surface area contributed by atoms with E-state index in [1.165, 1.54) is 6.20 Å². The first-order valence-corrected chi connectivity index (χ1v) is 8.55. The Morgan fingerprint density at radius 3 is 2.55 bits per heavy atom. The first kappa shape index (κ1) is 14.7. The van der Waals surface area contributed by atoms with E-state index < -0.39 is 9.84 Å². The van der Waals surface area contributed by atoms with Gasteiger partial charge in [0.25, 0.3) is 0 Å². The number of aromatic nitrogens is 4. The molecule has 0 unspecified atom stereocenters. The van der Waals surface area contributed by atoms with Gasteiger partial charge in [-0.05, 0) is 18.2 Å². The molecule has 2 aromatic heterocycles. The van der Waals surface area contributed by atoms with Crippen LogP contribution >= 0.6 is 11.6 Å². The van der Waals surface area contributed by atoms with Crippen molar-refractivity contribution in [3.63, 3.8) is 0 Å². The van der Waals surface area contributed by atoms with Crippen LogP contribution in [0.5, 0.6) is 0 Å². The molecule has 0 saturated heterocycles. The summed E-state index contributed by atoms with van der Waals surface area (Å²) in [6, 6.07) is 8.86. The third kappa shape index (κ3) is 2.86. The van der Waals surface area contributed by atoms with Crippen molar-refractivity contribution < 1.29 is 8.42 Å². The molecular formula is C14H11ClN4O2S. The lowest BCUT2D eigenvalue weighted by Crippen LogP contribution is -2.04. The molecule has 0 amide bonds. The van der Waals surface area contributed by atoms with Gasteiger partial charge in [-0.3, -0.25) is 5.10 Å². The molecule has 2 heterocycles. The second-order valence-corrected chi connectivity index (χ2v) is 7.01. The zero-order valence-corrected chi connectivity index (χ0v) is 13.1. The van der Waals surface area contributed by atoms with Crippen LogP contribution in [0, 0.1) is 0 Å². The molecule has 0 saturated carbocycles. The molecule has 3 aromatic rings. The highest BCUT2D eigenvalue weighted by molar-refractivity contribution is 7.90. The quantitative estimate of drug-likeness (QED) is 0.744. The SMILES string of the molecule is CS(=O)(=O)c1nccc(-c2cn[nH]c2-c2ccc(Cl)cc2)n1. The van der Waals surface area contributed by atoms with Crippen LogP contribution in [0.1, 0.15) is 0 Å². The van der Waals surface area contributed by atoms with Crippen LogP contribution in [0.25, 0.3) is 22.5 Å². The molecule has 1 aromatic carbocycles. The lowest BCUT2D eigenvalue weighted by Gasteiger charge is -2.04. The second kappa shape index (κ2) is 5.51. The fourth-order valence-electron chi connectivity index (χ4n) is 1.99. The molecule has 0 radical (unpaired) electrons. The summed E-state index contributed by atoms with van der Waals surface area (Å²) in [5.41, 5.74) is 2.77. The van der Waals surface area contributed by atoms with Gasteiger partial charge in [0.1, 0.15) is 0 Å². The lowest BCUT2D eigenvalue weighted by atomic mass is 10.1. The molecule has 0 bridgehead atoms. The van der Waals surface area contributed by atoms with E-state index in [1.807, 2.05) is 12.1 Å². The van der Waals surface area contributed by atoms with Crippen LogP contribution in [-0.4, -0.2) is 34.8 Å². The van der Waals surface area contributed by atoms with Crippen molar-refractivity contribution in [1.29, 1.82) is 0 Å². The molecule has 0 aliphatic carbocycles. The van der Waals surface area contributed by atoms with E-state index in [4.69, 9.17) is 11.6 Å². The Bertz CT molecular complexity index is 920. The lowest BCUT2D eigenvalue weighted by molar-refractivity contribution is 0.593. The van der Waals surface area contributed by atoms with E-state index in [0.717, 1.165) is 17.5 Å². The van der Waals surface area contributed by atoms with E-state index in [9.17, 15) is 8.42 Å². The monoisotopic (exact) mass is 334 g/mol. The van der Waals surface area contributed by atoms with Gasteiger partial charge in [-0.25, -0.2) is 18.4 Å². The number of hydrogen-bond donors (Lipinski definition) is 1. The minimum atomic E-state index is -3.47. The summed E-state index contributed by atoms with van der Waals surface area (Å²) < 4.78 is 23.2. The van der Waals surface area contributed by atoms with Crippen LogP contribution in [0.4, 0.5) is 0 Å². The fourth-order valence-corrected chi connectivity index (χ4v) is 2.63. The van der Waals surface area contributed by atoms with Gasteiger partial charge in [0.05, 0.1) is 17.6 Å². The Kier molecular flexibility index (Phi) is 3.67. The average Bonchev–Trinajstić information content (AvgIpc) is 2.97. The van der Waals surface area contributed by atoms with Crippen molar-refractivity contribution >= 4 is 21.4 Å². The van der Waals surface area contributed by atoms with Gasteiger partial charge in [-0.15, -0.1) is 0 Å². The second-order valence-electron chi connectivity index (χ2n) is 4.66. The molecule has 8 heteroatoms. The summed E-state index contributed by atoms with van der Waals surface area (Å²) in [5.74, 6) is 0. The van der Waals surface area contributed by atoms with Crippen molar-refractivity contribution in [2.45, 2.75) is 5.16 Å². The largest absolute Gasteiger partial charge is 0.277 e. The molecule has 0 aliphatic heterocycles. The molecule has 6 nitrogen and oxygen atoms in total. The number of rotatable bonds is 3. The predicted molar refractivity (Wildman–Crippen MR) is 83.2 cm³/mol. The van der Waals surface area contributed by atoms with E-state index in [2.05, 4.69) is 20.2 Å². The fraction of sp³-hybridized carbons (Fsp3) is 0.0714. The Balaban J connectivity index is 2.11. The molecule has 112 valence electrons. The van der Waals surface area contributed by atoms with E-state index in [-0.39, 0.29) is 5.16 Å². The predicted octanol–water partition coefficient (Wildman–Crippen LogP) is 2.59. The third-order valence-corrected chi connectivity index (χ3v) is 4.13. The number of sulfone groups is 1. The van der Waals surface area contributed by atoms with Crippen molar-refractivity contribution in [3.05, 3.63) is 47.7 Å². The molecule has 22 heavy (non-hydrogen) atoms. The molecule has 3 rings (SSSR count). The van der Waals surface area contributed by atoms with Crippen LogP contribution in [0.3, 0.4) is 0 Å². The number of benzene rings is 1. The highest BCUT2D eigenvalue weighted by atomic mass is 35.5. The van der Waals surface area contributed by atoms with Crippen molar-refractivity contribution in [3.8, 4) is 22.5 Å². The number of nitrogens with zero attached hydrogens (tertiary/aromatic N) is 3. The molecule has 0 fully saturated rings. The molecule has 0 aliphatic rings. The molecule has 0 atom stereocenters. The number of aromatic amines is 1. The van der Waals surface area contributed by atoms with Gasteiger partial charge in [-0.1, -0.05) is 23.7 Å². The average molecular weight is 335 g/mol. The van der Waals surface area contributed by atoms with Gasteiger partial charge in [-0.2, -0.15) is 5.10 Å². The zero-order valence-electron chi connectivity index (χ0n) is 11.5. The first-order valence-electron chi connectivity index (χ1n) is 6.28. The molecule has 1 N–H and O–H groups in total. The summed E-state index contributed by atoms with van der Waals surface area (Å²) in [6.07, 6.45) is 4.08. The zero-order chi connectivity index (χ0) is 15.7. The van der Waals surface area contributed by atoms with Gasteiger partial charge in [0, 0.05) is 28.6 Å². The van der Waals surface area contributed by atoms with Crippen LogP contribution in [0.15, 0.2) is 47.9 Å². The molecular weight excluding hydrogens is 324 g/mol. The number of halogens is 1. The normalized spacial score (nSPS) is 11.5. The summed E-state index contributed by atoms with van der Waals surface area (Å²) in [6.45, 7) is 0. The smallest absolute Gasteiger partial charge is 0.247 e. The van der Waals surface area contributed by atoms with Gasteiger partial charge < -0.3 is 0 Å². The van der Waals surface area contributed by atoms with Crippen LogP contribution in [0.2, 0.25) is 5.02 Å². The summed E-state index contributed by atoms with van der Waals surface area (Å²) in [7, 11) is -3.47. The Labute approximate surface area is 132 Å². The Hall–Kier alpha value is -2.25. The van der Waals surface area contributed by atoms with E-state index in [0.29, 0.717) is 16.3 Å². The van der Waals surface area contributed by atoms with Gasteiger partial charge >= 0.3 is 0 Å². The summed E-state index contributed by atoms with van der Waals surface area (Å²) in [5, 5.41) is 7.33. The topological polar surface area (TPSA) is 88.6 Å². The van der Waals surface area contributed by atoms with Crippen molar-refractivity contribution in [2.75, 3.05) is 6.26 Å². The standard InChI is InChI=1S/C14H11ClN4O2S/c1-22(20,21)14-16-7-6-12(18-14)11-8-17-19-13(11)9-2-4-10(15)5-3-9/h2-8H,1H3,(H,17,19). The van der Waals surface area contributed by atoms with E-state index >= 15 is 0 Å². The van der Waals surface area contributed by atoms with Crippen molar-refractivity contribution in [1.82, 2.24) is 20.2 Å².